The molecule has 0 spiro atoms. The van der Waals surface area contributed by atoms with Gasteiger partial charge in [-0.3, -0.25) is 4.57 Å². The predicted octanol–water partition coefficient (Wildman–Crippen LogP) is 1.50. The molecule has 16 heavy (non-hydrogen) atoms. The highest BCUT2D eigenvalue weighted by atomic mass is 35.5. The lowest BCUT2D eigenvalue weighted by atomic mass is 10.5. The smallest absolute Gasteiger partial charge is 0.322 e. The SMILES string of the molecule is CC(C)Oc1nc(Cl)nc(-n2ccnc2)n1. The summed E-state index contributed by atoms with van der Waals surface area (Å²) in [6.07, 6.45) is 4.89. The topological polar surface area (TPSA) is 65.7 Å². The van der Waals surface area contributed by atoms with Crippen molar-refractivity contribution in [3.05, 3.63) is 24.0 Å². The number of hydrogen-bond acceptors (Lipinski definition) is 5. The number of nitrogens with zero attached hydrogens (tertiary/aromatic N) is 5. The van der Waals surface area contributed by atoms with E-state index in [0.717, 1.165) is 0 Å². The van der Waals surface area contributed by atoms with Crippen molar-refractivity contribution in [2.24, 2.45) is 0 Å². The van der Waals surface area contributed by atoms with Gasteiger partial charge in [-0.2, -0.15) is 15.0 Å². The maximum absolute atomic E-state index is 5.77. The molecule has 0 N–H and O–H groups in total. The minimum Gasteiger partial charge on any atom is -0.461 e. The van der Waals surface area contributed by atoms with Crippen molar-refractivity contribution in [3.63, 3.8) is 0 Å². The van der Waals surface area contributed by atoms with E-state index in [0.29, 0.717) is 5.95 Å². The lowest BCUT2D eigenvalue weighted by molar-refractivity contribution is 0.221. The zero-order valence-electron chi connectivity index (χ0n) is 8.83. The molecular weight excluding hydrogens is 230 g/mol. The van der Waals surface area contributed by atoms with Crippen LogP contribution >= 0.6 is 11.6 Å². The van der Waals surface area contributed by atoms with E-state index in [4.69, 9.17) is 16.3 Å². The van der Waals surface area contributed by atoms with Crippen molar-refractivity contribution in [1.82, 2.24) is 24.5 Å². The summed E-state index contributed by atoms with van der Waals surface area (Å²) < 4.78 is 6.98. The van der Waals surface area contributed by atoms with Crippen molar-refractivity contribution in [2.45, 2.75) is 20.0 Å². The standard InChI is InChI=1S/C9H10ClN5O/c1-6(2)16-9-13-7(10)12-8(14-9)15-4-3-11-5-15/h3-6H,1-2H3. The van der Waals surface area contributed by atoms with Crippen molar-refractivity contribution < 1.29 is 4.74 Å². The van der Waals surface area contributed by atoms with Crippen LogP contribution in [0.5, 0.6) is 6.01 Å². The second-order valence-corrected chi connectivity index (χ2v) is 3.66. The third-order valence-electron chi connectivity index (χ3n) is 1.65. The molecule has 0 atom stereocenters. The van der Waals surface area contributed by atoms with Gasteiger partial charge >= 0.3 is 6.01 Å². The summed E-state index contributed by atoms with van der Waals surface area (Å²) in [6, 6.07) is 0.207. The molecule has 0 saturated heterocycles. The Morgan fingerprint density at radius 1 is 1.31 bits per heavy atom. The molecule has 0 aliphatic rings. The molecule has 2 rings (SSSR count). The van der Waals surface area contributed by atoms with Gasteiger partial charge in [0.15, 0.2) is 0 Å². The van der Waals surface area contributed by atoms with E-state index in [1.54, 1.807) is 23.3 Å². The van der Waals surface area contributed by atoms with E-state index in [-0.39, 0.29) is 17.4 Å². The average Bonchev–Trinajstić information content (AvgIpc) is 2.67. The van der Waals surface area contributed by atoms with Gasteiger partial charge in [0.05, 0.1) is 6.10 Å². The average molecular weight is 240 g/mol. The van der Waals surface area contributed by atoms with Crippen LogP contribution in [0.25, 0.3) is 5.95 Å². The van der Waals surface area contributed by atoms with E-state index < -0.39 is 0 Å². The molecule has 0 aliphatic carbocycles. The summed E-state index contributed by atoms with van der Waals surface area (Å²) in [4.78, 5) is 15.8. The first-order chi connectivity index (χ1) is 7.65. The van der Waals surface area contributed by atoms with E-state index in [2.05, 4.69) is 19.9 Å². The maximum atomic E-state index is 5.77. The van der Waals surface area contributed by atoms with Crippen molar-refractivity contribution in [3.8, 4) is 12.0 Å². The number of hydrogen-bond donors (Lipinski definition) is 0. The van der Waals surface area contributed by atoms with E-state index in [9.17, 15) is 0 Å². The van der Waals surface area contributed by atoms with Crippen molar-refractivity contribution in [2.75, 3.05) is 0 Å². The fraction of sp³-hybridized carbons (Fsp3) is 0.333. The Bertz CT molecular complexity index is 471. The highest BCUT2D eigenvalue weighted by Crippen LogP contribution is 2.12. The summed E-state index contributed by atoms with van der Waals surface area (Å²) in [5, 5.41) is 0.0920. The second kappa shape index (κ2) is 4.44. The molecule has 2 aromatic rings. The minimum absolute atomic E-state index is 0.0193. The van der Waals surface area contributed by atoms with Gasteiger partial charge < -0.3 is 4.74 Å². The van der Waals surface area contributed by atoms with E-state index in [1.165, 1.54) is 0 Å². The Labute approximate surface area is 97.3 Å². The summed E-state index contributed by atoms with van der Waals surface area (Å²) in [7, 11) is 0. The van der Waals surface area contributed by atoms with Gasteiger partial charge in [-0.25, -0.2) is 4.98 Å². The molecule has 7 heteroatoms. The van der Waals surface area contributed by atoms with Gasteiger partial charge in [0.1, 0.15) is 6.33 Å². The Hall–Kier alpha value is -1.69. The largest absolute Gasteiger partial charge is 0.461 e. The fourth-order valence-corrected chi connectivity index (χ4v) is 1.23. The third-order valence-corrected chi connectivity index (χ3v) is 1.82. The normalized spacial score (nSPS) is 10.8. The van der Waals surface area contributed by atoms with Gasteiger partial charge in [0, 0.05) is 12.4 Å². The zero-order valence-corrected chi connectivity index (χ0v) is 9.59. The van der Waals surface area contributed by atoms with Crippen molar-refractivity contribution >= 4 is 11.6 Å². The molecule has 0 unspecified atom stereocenters. The molecular formula is C9H10ClN5O. The molecule has 2 aromatic heterocycles. The second-order valence-electron chi connectivity index (χ2n) is 3.32. The molecule has 0 fully saturated rings. The van der Waals surface area contributed by atoms with E-state index in [1.807, 2.05) is 13.8 Å². The molecule has 6 nitrogen and oxygen atoms in total. The van der Waals surface area contributed by atoms with Crippen LogP contribution in [0.4, 0.5) is 0 Å². The zero-order chi connectivity index (χ0) is 11.5. The van der Waals surface area contributed by atoms with Gasteiger partial charge in [0.25, 0.3) is 0 Å². The number of ether oxygens (including phenoxy) is 1. The van der Waals surface area contributed by atoms with Gasteiger partial charge in [-0.15, -0.1) is 0 Å². The first-order valence-corrected chi connectivity index (χ1v) is 5.09. The van der Waals surface area contributed by atoms with Crippen molar-refractivity contribution in [1.29, 1.82) is 0 Å². The maximum Gasteiger partial charge on any atom is 0.322 e. The first kappa shape index (κ1) is 10.8. The van der Waals surface area contributed by atoms with Gasteiger partial charge in [-0.05, 0) is 25.4 Å². The molecule has 2 heterocycles. The highest BCUT2D eigenvalue weighted by molar-refractivity contribution is 6.28. The Balaban J connectivity index is 2.36. The number of aromatic nitrogens is 5. The number of rotatable bonds is 3. The molecule has 0 saturated carbocycles. The van der Waals surface area contributed by atoms with Crippen LogP contribution in [0.15, 0.2) is 18.7 Å². The van der Waals surface area contributed by atoms with Crippen LogP contribution < -0.4 is 4.74 Å². The first-order valence-electron chi connectivity index (χ1n) is 4.71. The summed E-state index contributed by atoms with van der Waals surface area (Å²) >= 11 is 5.77. The Morgan fingerprint density at radius 3 is 2.75 bits per heavy atom. The molecule has 84 valence electrons. The third kappa shape index (κ3) is 2.46. The minimum atomic E-state index is -0.0193. The van der Waals surface area contributed by atoms with Crippen LogP contribution in [0, 0.1) is 0 Å². The van der Waals surface area contributed by atoms with Gasteiger partial charge in [-0.1, -0.05) is 0 Å². The summed E-state index contributed by atoms with van der Waals surface area (Å²) in [5.41, 5.74) is 0. The fourth-order valence-electron chi connectivity index (χ4n) is 1.08. The van der Waals surface area contributed by atoms with Crippen LogP contribution in [0.2, 0.25) is 5.28 Å². The molecule has 0 radical (unpaired) electrons. The molecule has 0 amide bonds. The number of imidazole rings is 1. The van der Waals surface area contributed by atoms with Crippen LogP contribution in [0.1, 0.15) is 13.8 Å². The summed E-state index contributed by atoms with van der Waals surface area (Å²) in [5.74, 6) is 0.383. The van der Waals surface area contributed by atoms with Gasteiger partial charge in [0.2, 0.25) is 11.2 Å². The van der Waals surface area contributed by atoms with Crippen LogP contribution in [-0.2, 0) is 0 Å². The number of halogens is 1. The van der Waals surface area contributed by atoms with Crippen LogP contribution in [0.3, 0.4) is 0 Å². The Morgan fingerprint density at radius 2 is 2.12 bits per heavy atom. The quantitative estimate of drug-likeness (QED) is 0.812. The monoisotopic (exact) mass is 239 g/mol. The lowest BCUT2D eigenvalue weighted by Gasteiger charge is -2.08. The highest BCUT2D eigenvalue weighted by Gasteiger charge is 2.08. The van der Waals surface area contributed by atoms with Crippen LogP contribution in [-0.4, -0.2) is 30.6 Å². The molecule has 0 aliphatic heterocycles. The molecule has 0 bridgehead atoms. The Kier molecular flexibility index (Phi) is 3.00. The molecule has 0 aromatic carbocycles. The lowest BCUT2D eigenvalue weighted by Crippen LogP contribution is -2.11. The predicted molar refractivity (Wildman–Crippen MR) is 57.7 cm³/mol. The van der Waals surface area contributed by atoms with E-state index >= 15 is 0 Å². The summed E-state index contributed by atoms with van der Waals surface area (Å²) in [6.45, 7) is 3.77.